The van der Waals surface area contributed by atoms with Crippen molar-refractivity contribution in [3.05, 3.63) is 58.7 Å². The van der Waals surface area contributed by atoms with Crippen LogP contribution in [0.1, 0.15) is 45.7 Å². The quantitative estimate of drug-likeness (QED) is 0.594. The third-order valence-corrected chi connectivity index (χ3v) is 4.02. The van der Waals surface area contributed by atoms with Crippen molar-refractivity contribution in [1.29, 1.82) is 0 Å². The second-order valence-corrected chi connectivity index (χ2v) is 5.95. The summed E-state index contributed by atoms with van der Waals surface area (Å²) in [6, 6.07) is 10.2. The topological polar surface area (TPSA) is 61.8 Å². The predicted octanol–water partition coefficient (Wildman–Crippen LogP) is 3.58. The molecule has 25 heavy (non-hydrogen) atoms. The number of carbonyl (C=O) groups is 2. The van der Waals surface area contributed by atoms with Gasteiger partial charge in [0.25, 0.3) is 0 Å². The zero-order valence-corrected chi connectivity index (χ0v) is 14.3. The van der Waals surface area contributed by atoms with Gasteiger partial charge in [-0.2, -0.15) is 0 Å². The monoisotopic (exact) mass is 340 g/mol. The first-order chi connectivity index (χ1) is 12.1. The zero-order valence-electron chi connectivity index (χ0n) is 14.3. The number of ether oxygens (including phenoxy) is 3. The Morgan fingerprint density at radius 2 is 2.04 bits per heavy atom. The molecule has 130 valence electrons. The minimum atomic E-state index is -0.449. The van der Waals surface area contributed by atoms with Crippen LogP contribution in [0.4, 0.5) is 0 Å². The largest absolute Gasteiger partial charge is 0.493 e. The molecule has 0 aliphatic carbocycles. The maximum Gasteiger partial charge on any atom is 0.338 e. The smallest absolute Gasteiger partial charge is 0.338 e. The van der Waals surface area contributed by atoms with Crippen molar-refractivity contribution in [2.24, 2.45) is 0 Å². The summed E-state index contributed by atoms with van der Waals surface area (Å²) in [5.41, 5.74) is 2.79. The molecular weight excluding hydrogens is 320 g/mol. The summed E-state index contributed by atoms with van der Waals surface area (Å²) in [6.07, 6.45) is 1.71. The van der Waals surface area contributed by atoms with E-state index in [-0.39, 0.29) is 12.7 Å². The Morgan fingerprint density at radius 3 is 2.72 bits per heavy atom. The highest BCUT2D eigenvalue weighted by Gasteiger charge is 2.22. The summed E-state index contributed by atoms with van der Waals surface area (Å²) in [6.45, 7) is 4.55. The van der Waals surface area contributed by atoms with Crippen LogP contribution in [0.25, 0.3) is 0 Å². The number of hydrogen-bond acceptors (Lipinski definition) is 5. The number of benzene rings is 2. The highest BCUT2D eigenvalue weighted by molar-refractivity contribution is 5.90. The van der Waals surface area contributed by atoms with Gasteiger partial charge < -0.3 is 14.2 Å². The maximum atomic E-state index is 12.2. The van der Waals surface area contributed by atoms with Crippen molar-refractivity contribution >= 4 is 12.3 Å². The van der Waals surface area contributed by atoms with Crippen LogP contribution in [0.3, 0.4) is 0 Å². The van der Waals surface area contributed by atoms with Crippen molar-refractivity contribution in [3.63, 3.8) is 0 Å². The summed E-state index contributed by atoms with van der Waals surface area (Å²) in [5.74, 6) is 1.08. The van der Waals surface area contributed by atoms with Crippen molar-refractivity contribution in [1.82, 2.24) is 0 Å². The Morgan fingerprint density at radius 1 is 1.28 bits per heavy atom. The molecule has 0 aromatic heterocycles. The van der Waals surface area contributed by atoms with Gasteiger partial charge >= 0.3 is 5.97 Å². The van der Waals surface area contributed by atoms with Gasteiger partial charge in [0.2, 0.25) is 0 Å². The molecule has 5 nitrogen and oxygen atoms in total. The van der Waals surface area contributed by atoms with Crippen LogP contribution in [-0.4, -0.2) is 25.0 Å². The molecule has 0 saturated carbocycles. The zero-order chi connectivity index (χ0) is 17.8. The molecule has 1 heterocycles. The molecule has 0 bridgehead atoms. The maximum absolute atomic E-state index is 12.2. The fraction of sp³-hybridized carbons (Fsp3) is 0.300. The fourth-order valence-corrected chi connectivity index (χ4v) is 2.81. The lowest BCUT2D eigenvalue weighted by Crippen LogP contribution is -2.07. The SMILES string of the molecule is CCOc1cc2c(cc1COC(=O)c1ccc(C=O)cc1)OC(C)C2. The van der Waals surface area contributed by atoms with Gasteiger partial charge in [0, 0.05) is 23.1 Å². The van der Waals surface area contributed by atoms with E-state index in [0.29, 0.717) is 23.5 Å². The van der Waals surface area contributed by atoms with E-state index in [1.165, 1.54) is 0 Å². The summed E-state index contributed by atoms with van der Waals surface area (Å²) >= 11 is 0. The first-order valence-electron chi connectivity index (χ1n) is 8.28. The molecule has 0 amide bonds. The summed E-state index contributed by atoms with van der Waals surface area (Å²) < 4.78 is 16.8. The second kappa shape index (κ2) is 7.38. The fourth-order valence-electron chi connectivity index (χ4n) is 2.81. The first kappa shape index (κ1) is 17.0. The highest BCUT2D eigenvalue weighted by Crippen LogP contribution is 2.35. The number of rotatable bonds is 6. The molecular formula is C20H20O5. The van der Waals surface area contributed by atoms with Crippen molar-refractivity contribution in [2.45, 2.75) is 33.0 Å². The van der Waals surface area contributed by atoms with E-state index in [1.54, 1.807) is 24.3 Å². The predicted molar refractivity (Wildman–Crippen MR) is 92.4 cm³/mol. The van der Waals surface area contributed by atoms with E-state index in [4.69, 9.17) is 14.2 Å². The average molecular weight is 340 g/mol. The number of fused-ring (bicyclic) bond motifs is 1. The van der Waals surface area contributed by atoms with Crippen LogP contribution in [-0.2, 0) is 17.8 Å². The summed E-state index contributed by atoms with van der Waals surface area (Å²) in [5, 5.41) is 0. The van der Waals surface area contributed by atoms with E-state index >= 15 is 0 Å². The van der Waals surface area contributed by atoms with Crippen LogP contribution in [0.5, 0.6) is 11.5 Å². The number of aldehydes is 1. The molecule has 3 rings (SSSR count). The second-order valence-electron chi connectivity index (χ2n) is 5.95. The highest BCUT2D eigenvalue weighted by atomic mass is 16.5. The van der Waals surface area contributed by atoms with Crippen LogP contribution in [0.15, 0.2) is 36.4 Å². The van der Waals surface area contributed by atoms with Gasteiger partial charge in [0.05, 0.1) is 12.2 Å². The molecule has 5 heteroatoms. The molecule has 1 aliphatic rings. The van der Waals surface area contributed by atoms with E-state index in [1.807, 2.05) is 26.0 Å². The standard InChI is InChI=1S/C20H20O5/c1-3-23-18-9-16-8-13(2)25-19(16)10-17(18)12-24-20(22)15-6-4-14(11-21)5-7-15/h4-7,9-11,13H,3,8,12H2,1-2H3. The Balaban J connectivity index is 1.74. The molecule has 0 fully saturated rings. The molecule has 0 N–H and O–H groups in total. The Labute approximate surface area is 146 Å². The Hall–Kier alpha value is -2.82. The molecule has 2 aromatic carbocycles. The normalized spacial score (nSPS) is 15.2. The summed E-state index contributed by atoms with van der Waals surface area (Å²) in [7, 11) is 0. The Bertz CT molecular complexity index is 779. The number of carbonyl (C=O) groups excluding carboxylic acids is 2. The van der Waals surface area contributed by atoms with Gasteiger partial charge in [0.1, 0.15) is 30.5 Å². The lowest BCUT2D eigenvalue weighted by Gasteiger charge is -2.13. The molecule has 0 saturated heterocycles. The van der Waals surface area contributed by atoms with Crippen molar-refractivity contribution < 1.29 is 23.8 Å². The lowest BCUT2D eigenvalue weighted by atomic mass is 10.1. The van der Waals surface area contributed by atoms with Crippen LogP contribution < -0.4 is 9.47 Å². The van der Waals surface area contributed by atoms with Crippen LogP contribution in [0, 0.1) is 0 Å². The van der Waals surface area contributed by atoms with E-state index < -0.39 is 5.97 Å². The minimum Gasteiger partial charge on any atom is -0.493 e. The van der Waals surface area contributed by atoms with Gasteiger partial charge in [0.15, 0.2) is 0 Å². The van der Waals surface area contributed by atoms with Gasteiger partial charge in [-0.05, 0) is 38.1 Å². The third kappa shape index (κ3) is 3.82. The molecule has 1 atom stereocenters. The van der Waals surface area contributed by atoms with Gasteiger partial charge in [-0.3, -0.25) is 4.79 Å². The van der Waals surface area contributed by atoms with Gasteiger partial charge in [-0.25, -0.2) is 4.79 Å². The van der Waals surface area contributed by atoms with Gasteiger partial charge in [-0.15, -0.1) is 0 Å². The van der Waals surface area contributed by atoms with E-state index in [2.05, 4.69) is 0 Å². The van der Waals surface area contributed by atoms with E-state index in [0.717, 1.165) is 29.6 Å². The van der Waals surface area contributed by atoms with E-state index in [9.17, 15) is 9.59 Å². The Kier molecular flexibility index (Phi) is 5.03. The minimum absolute atomic E-state index is 0.0919. The van der Waals surface area contributed by atoms with Crippen molar-refractivity contribution in [3.8, 4) is 11.5 Å². The van der Waals surface area contributed by atoms with Crippen LogP contribution >= 0.6 is 0 Å². The molecule has 1 unspecified atom stereocenters. The molecule has 2 aromatic rings. The number of esters is 1. The average Bonchev–Trinajstić information content (AvgIpc) is 2.98. The first-order valence-corrected chi connectivity index (χ1v) is 8.28. The molecule has 0 radical (unpaired) electrons. The van der Waals surface area contributed by atoms with Crippen molar-refractivity contribution in [2.75, 3.05) is 6.61 Å². The molecule has 1 aliphatic heterocycles. The molecule has 0 spiro atoms. The van der Waals surface area contributed by atoms with Crippen LogP contribution in [0.2, 0.25) is 0 Å². The lowest BCUT2D eigenvalue weighted by molar-refractivity contribution is 0.0469. The summed E-state index contributed by atoms with van der Waals surface area (Å²) in [4.78, 5) is 22.9. The van der Waals surface area contributed by atoms with Gasteiger partial charge in [-0.1, -0.05) is 12.1 Å². The third-order valence-electron chi connectivity index (χ3n) is 4.02. The number of hydrogen-bond donors (Lipinski definition) is 0.